The lowest BCUT2D eigenvalue weighted by Crippen LogP contribution is -2.52. The van der Waals surface area contributed by atoms with E-state index in [1.165, 1.54) is 4.90 Å². The van der Waals surface area contributed by atoms with Crippen molar-refractivity contribution in [3.63, 3.8) is 0 Å². The molecule has 0 saturated carbocycles. The van der Waals surface area contributed by atoms with Crippen LogP contribution in [0.15, 0.2) is 0 Å². The number of nitrogens with one attached hydrogen (secondary N) is 1. The molecule has 0 aromatic rings. The SMILES string of the molecule is CCN1CCC(CNC(=O)N2CCCCC2C(=O)O)C1. The maximum atomic E-state index is 12.2. The van der Waals surface area contributed by atoms with Crippen molar-refractivity contribution in [1.82, 2.24) is 15.1 Å². The van der Waals surface area contributed by atoms with E-state index in [1.54, 1.807) is 0 Å². The molecular weight excluding hydrogens is 258 g/mol. The van der Waals surface area contributed by atoms with Gasteiger partial charge in [-0.15, -0.1) is 0 Å². The number of amides is 2. The molecule has 0 aromatic heterocycles. The number of carboxylic acid groups (broad SMARTS) is 1. The van der Waals surface area contributed by atoms with Crippen molar-refractivity contribution in [2.75, 3.05) is 32.7 Å². The van der Waals surface area contributed by atoms with Gasteiger partial charge in [-0.3, -0.25) is 0 Å². The molecule has 114 valence electrons. The normalized spacial score (nSPS) is 27.6. The molecule has 2 fully saturated rings. The Morgan fingerprint density at radius 3 is 2.70 bits per heavy atom. The maximum absolute atomic E-state index is 12.2. The third-order valence-electron chi connectivity index (χ3n) is 4.41. The van der Waals surface area contributed by atoms with Crippen LogP contribution in [-0.2, 0) is 4.79 Å². The van der Waals surface area contributed by atoms with Crippen LogP contribution in [0.2, 0.25) is 0 Å². The van der Waals surface area contributed by atoms with Crippen LogP contribution < -0.4 is 5.32 Å². The Kier molecular flexibility index (Phi) is 5.23. The van der Waals surface area contributed by atoms with Gasteiger partial charge in [0.2, 0.25) is 0 Å². The minimum absolute atomic E-state index is 0.216. The molecule has 6 nitrogen and oxygen atoms in total. The minimum Gasteiger partial charge on any atom is -0.480 e. The Balaban J connectivity index is 1.80. The van der Waals surface area contributed by atoms with Crippen LogP contribution in [-0.4, -0.2) is 65.7 Å². The maximum Gasteiger partial charge on any atom is 0.326 e. The van der Waals surface area contributed by atoms with Crippen molar-refractivity contribution in [3.8, 4) is 0 Å². The van der Waals surface area contributed by atoms with Gasteiger partial charge in [-0.25, -0.2) is 9.59 Å². The minimum atomic E-state index is -0.891. The molecule has 2 N–H and O–H groups in total. The van der Waals surface area contributed by atoms with E-state index in [4.69, 9.17) is 0 Å². The van der Waals surface area contributed by atoms with Gasteiger partial charge in [0.1, 0.15) is 6.04 Å². The molecule has 0 aliphatic carbocycles. The monoisotopic (exact) mass is 283 g/mol. The number of likely N-dealkylation sites (tertiary alicyclic amines) is 2. The molecule has 2 amide bonds. The summed E-state index contributed by atoms with van der Waals surface area (Å²) in [6.07, 6.45) is 3.45. The molecule has 0 bridgehead atoms. The lowest BCUT2D eigenvalue weighted by molar-refractivity contribution is -0.143. The summed E-state index contributed by atoms with van der Waals surface area (Å²) >= 11 is 0. The quantitative estimate of drug-likeness (QED) is 0.806. The van der Waals surface area contributed by atoms with Crippen molar-refractivity contribution in [3.05, 3.63) is 0 Å². The fourth-order valence-corrected chi connectivity index (χ4v) is 3.13. The molecule has 2 unspecified atom stereocenters. The molecule has 2 saturated heterocycles. The lowest BCUT2D eigenvalue weighted by atomic mass is 10.0. The number of rotatable bonds is 4. The summed E-state index contributed by atoms with van der Waals surface area (Å²) in [5.41, 5.74) is 0. The van der Waals surface area contributed by atoms with E-state index in [9.17, 15) is 14.7 Å². The fraction of sp³-hybridized carbons (Fsp3) is 0.857. The third-order valence-corrected chi connectivity index (χ3v) is 4.41. The second kappa shape index (κ2) is 6.92. The number of nitrogens with zero attached hydrogens (tertiary/aromatic N) is 2. The van der Waals surface area contributed by atoms with Gasteiger partial charge in [-0.1, -0.05) is 6.92 Å². The van der Waals surface area contributed by atoms with E-state index in [0.29, 0.717) is 25.4 Å². The number of piperidine rings is 1. The zero-order chi connectivity index (χ0) is 14.5. The van der Waals surface area contributed by atoms with Crippen LogP contribution in [0.25, 0.3) is 0 Å². The first-order valence-electron chi connectivity index (χ1n) is 7.61. The number of carboxylic acids is 1. The highest BCUT2D eigenvalue weighted by atomic mass is 16.4. The standard InChI is InChI=1S/C14H25N3O3/c1-2-16-8-6-11(10-16)9-15-14(20)17-7-4-3-5-12(17)13(18)19/h11-12H,2-10H2,1H3,(H,15,20)(H,18,19). The summed E-state index contributed by atoms with van der Waals surface area (Å²) in [4.78, 5) is 27.2. The van der Waals surface area contributed by atoms with E-state index in [0.717, 1.165) is 38.9 Å². The van der Waals surface area contributed by atoms with Gasteiger partial charge >= 0.3 is 12.0 Å². The predicted octanol–water partition coefficient (Wildman–Crippen LogP) is 0.977. The molecule has 2 atom stereocenters. The van der Waals surface area contributed by atoms with Crippen molar-refractivity contribution in [1.29, 1.82) is 0 Å². The highest BCUT2D eigenvalue weighted by molar-refractivity contribution is 5.82. The van der Waals surface area contributed by atoms with Gasteiger partial charge in [0.25, 0.3) is 0 Å². The average Bonchev–Trinajstić information content (AvgIpc) is 2.92. The molecule has 0 spiro atoms. The van der Waals surface area contributed by atoms with E-state index < -0.39 is 12.0 Å². The molecule has 2 rings (SSSR count). The van der Waals surface area contributed by atoms with Crippen LogP contribution in [0.5, 0.6) is 0 Å². The molecule has 20 heavy (non-hydrogen) atoms. The Bertz CT molecular complexity index is 362. The second-order valence-electron chi connectivity index (χ2n) is 5.78. The van der Waals surface area contributed by atoms with Gasteiger partial charge in [0.05, 0.1) is 0 Å². The highest BCUT2D eigenvalue weighted by Gasteiger charge is 2.32. The van der Waals surface area contributed by atoms with E-state index in [1.807, 2.05) is 0 Å². The molecule has 0 aromatic carbocycles. The van der Waals surface area contributed by atoms with Gasteiger partial charge in [-0.2, -0.15) is 0 Å². The molecule has 2 aliphatic rings. The largest absolute Gasteiger partial charge is 0.480 e. The second-order valence-corrected chi connectivity index (χ2v) is 5.78. The number of carbonyl (C=O) groups is 2. The Labute approximate surface area is 120 Å². The lowest BCUT2D eigenvalue weighted by Gasteiger charge is -2.33. The van der Waals surface area contributed by atoms with Gasteiger partial charge in [0, 0.05) is 19.6 Å². The summed E-state index contributed by atoms with van der Waals surface area (Å²) in [7, 11) is 0. The number of urea groups is 1. The van der Waals surface area contributed by atoms with Crippen LogP contribution in [0.4, 0.5) is 4.79 Å². The van der Waals surface area contributed by atoms with E-state index in [2.05, 4.69) is 17.1 Å². The Morgan fingerprint density at radius 2 is 2.05 bits per heavy atom. The highest BCUT2D eigenvalue weighted by Crippen LogP contribution is 2.18. The number of carbonyl (C=O) groups excluding carboxylic acids is 1. The molecular formula is C14H25N3O3. The van der Waals surface area contributed by atoms with Crippen molar-refractivity contribution >= 4 is 12.0 Å². The zero-order valence-electron chi connectivity index (χ0n) is 12.2. The van der Waals surface area contributed by atoms with Crippen LogP contribution in [0.3, 0.4) is 0 Å². The zero-order valence-corrected chi connectivity index (χ0v) is 12.2. The first-order chi connectivity index (χ1) is 9.61. The fourth-order valence-electron chi connectivity index (χ4n) is 3.13. The first-order valence-corrected chi connectivity index (χ1v) is 7.61. The Hall–Kier alpha value is -1.30. The summed E-state index contributed by atoms with van der Waals surface area (Å²) in [6, 6.07) is -0.869. The number of hydrogen-bond acceptors (Lipinski definition) is 3. The summed E-state index contributed by atoms with van der Waals surface area (Å²) in [5, 5.41) is 12.1. The molecule has 2 aliphatic heterocycles. The van der Waals surface area contributed by atoms with Crippen LogP contribution >= 0.6 is 0 Å². The predicted molar refractivity (Wildman–Crippen MR) is 75.6 cm³/mol. The Morgan fingerprint density at radius 1 is 1.25 bits per heavy atom. The number of aliphatic carboxylic acids is 1. The van der Waals surface area contributed by atoms with Gasteiger partial charge in [0.15, 0.2) is 0 Å². The first kappa shape index (κ1) is 15.1. The number of hydrogen-bond donors (Lipinski definition) is 2. The van der Waals surface area contributed by atoms with Gasteiger partial charge < -0.3 is 20.2 Å². The van der Waals surface area contributed by atoms with Gasteiger partial charge in [-0.05, 0) is 44.7 Å². The van der Waals surface area contributed by atoms with E-state index in [-0.39, 0.29) is 6.03 Å². The third kappa shape index (κ3) is 3.62. The van der Waals surface area contributed by atoms with Crippen molar-refractivity contribution in [2.45, 2.75) is 38.6 Å². The summed E-state index contributed by atoms with van der Waals surface area (Å²) < 4.78 is 0. The molecule has 0 radical (unpaired) electrons. The topological polar surface area (TPSA) is 72.9 Å². The average molecular weight is 283 g/mol. The van der Waals surface area contributed by atoms with Crippen LogP contribution in [0.1, 0.15) is 32.6 Å². The molecule has 2 heterocycles. The summed E-state index contributed by atoms with van der Waals surface area (Å²) in [5.74, 6) is -0.398. The van der Waals surface area contributed by atoms with E-state index >= 15 is 0 Å². The smallest absolute Gasteiger partial charge is 0.326 e. The molecule has 6 heteroatoms. The van der Waals surface area contributed by atoms with Crippen molar-refractivity contribution < 1.29 is 14.7 Å². The van der Waals surface area contributed by atoms with Crippen molar-refractivity contribution in [2.24, 2.45) is 5.92 Å². The summed E-state index contributed by atoms with van der Waals surface area (Å²) in [6.45, 7) is 6.52. The van der Waals surface area contributed by atoms with Crippen LogP contribution in [0, 0.1) is 5.92 Å².